The van der Waals surface area contributed by atoms with Gasteiger partial charge >= 0.3 is 0 Å². The van der Waals surface area contributed by atoms with Crippen LogP contribution in [-0.2, 0) is 5.54 Å². The highest BCUT2D eigenvalue weighted by atomic mass is 35.5. The van der Waals surface area contributed by atoms with E-state index in [0.717, 1.165) is 34.8 Å². The first-order valence-corrected chi connectivity index (χ1v) is 10.7. The summed E-state index contributed by atoms with van der Waals surface area (Å²) >= 11 is 11.6. The molecule has 142 valence electrons. The molecule has 2 aromatic rings. The predicted molar refractivity (Wildman–Crippen MR) is 114 cm³/mol. The zero-order valence-corrected chi connectivity index (χ0v) is 17.1. The Hall–Kier alpha value is -1.59. The van der Waals surface area contributed by atoms with Crippen LogP contribution < -0.4 is 10.6 Å². The lowest BCUT2D eigenvalue weighted by Crippen LogP contribution is -2.52. The maximum atomic E-state index is 6.09. The zero-order chi connectivity index (χ0) is 18.6. The number of hydrogen-bond acceptors (Lipinski definition) is 2. The molecule has 4 nitrogen and oxygen atoms in total. The van der Waals surface area contributed by atoms with Gasteiger partial charge in [-0.15, -0.1) is 0 Å². The van der Waals surface area contributed by atoms with Gasteiger partial charge < -0.3 is 10.6 Å². The van der Waals surface area contributed by atoms with Gasteiger partial charge in [-0.1, -0.05) is 17.7 Å². The van der Waals surface area contributed by atoms with E-state index in [0.29, 0.717) is 10.1 Å². The molecule has 0 atom stereocenters. The third kappa shape index (κ3) is 3.25. The van der Waals surface area contributed by atoms with Crippen molar-refractivity contribution in [1.82, 2.24) is 9.78 Å². The number of anilines is 2. The summed E-state index contributed by atoms with van der Waals surface area (Å²) in [6.07, 6.45) is 10.4. The van der Waals surface area contributed by atoms with E-state index < -0.39 is 0 Å². The summed E-state index contributed by atoms with van der Waals surface area (Å²) in [5.41, 5.74) is 2.26. The lowest BCUT2D eigenvalue weighted by molar-refractivity contribution is -0.0492. The fourth-order valence-electron chi connectivity index (χ4n) is 6.00. The minimum Gasteiger partial charge on any atom is -0.332 e. The number of rotatable bonds is 3. The number of aromatic nitrogens is 2. The summed E-state index contributed by atoms with van der Waals surface area (Å²) in [4.78, 5) is 0. The molecule has 1 aromatic carbocycles. The van der Waals surface area contributed by atoms with E-state index in [1.54, 1.807) is 0 Å². The summed E-state index contributed by atoms with van der Waals surface area (Å²) in [7, 11) is 0. The highest BCUT2D eigenvalue weighted by Gasteiger charge is 2.52. The van der Waals surface area contributed by atoms with Crippen molar-refractivity contribution in [2.24, 2.45) is 17.8 Å². The van der Waals surface area contributed by atoms with Crippen molar-refractivity contribution < 1.29 is 0 Å². The second-order valence-electron chi connectivity index (χ2n) is 8.83. The van der Waals surface area contributed by atoms with Gasteiger partial charge in [0.05, 0.1) is 5.54 Å². The van der Waals surface area contributed by atoms with Crippen molar-refractivity contribution in [1.29, 1.82) is 0 Å². The van der Waals surface area contributed by atoms with Crippen molar-refractivity contribution in [3.63, 3.8) is 0 Å². The Balaban J connectivity index is 1.30. The third-order valence-electron chi connectivity index (χ3n) is 6.77. The molecule has 4 fully saturated rings. The molecule has 0 unspecified atom stereocenters. The number of nitrogens with zero attached hydrogens (tertiary/aromatic N) is 2. The van der Waals surface area contributed by atoms with Gasteiger partial charge in [0.1, 0.15) is 0 Å². The van der Waals surface area contributed by atoms with Gasteiger partial charge in [0, 0.05) is 23.0 Å². The van der Waals surface area contributed by atoms with Gasteiger partial charge in [-0.25, -0.2) is 0 Å². The minimum absolute atomic E-state index is 0.243. The topological polar surface area (TPSA) is 41.9 Å². The first-order chi connectivity index (χ1) is 13.0. The molecule has 1 aromatic heterocycles. The van der Waals surface area contributed by atoms with Crippen LogP contribution in [-0.4, -0.2) is 14.9 Å². The average Bonchev–Trinajstić information content (AvgIpc) is 3.06. The average molecular weight is 401 g/mol. The van der Waals surface area contributed by atoms with E-state index in [4.69, 9.17) is 28.9 Å². The molecule has 0 aliphatic heterocycles. The maximum absolute atomic E-state index is 6.09. The first-order valence-electron chi connectivity index (χ1n) is 9.89. The van der Waals surface area contributed by atoms with Gasteiger partial charge in [-0.2, -0.15) is 5.10 Å². The Kier molecular flexibility index (Phi) is 4.21. The van der Waals surface area contributed by atoms with E-state index >= 15 is 0 Å². The number of nitrogens with one attached hydrogen (secondary N) is 2. The van der Waals surface area contributed by atoms with Crippen molar-refractivity contribution >= 4 is 40.4 Å². The van der Waals surface area contributed by atoms with Crippen LogP contribution in [0, 0.1) is 24.7 Å². The van der Waals surface area contributed by atoms with Crippen LogP contribution in [0.2, 0.25) is 5.02 Å². The fourth-order valence-corrected chi connectivity index (χ4v) is 6.39. The fraction of sp³-hybridized carbons (Fsp3) is 0.524. The van der Waals surface area contributed by atoms with Crippen LogP contribution in [0.15, 0.2) is 30.5 Å². The van der Waals surface area contributed by atoms with Crippen molar-refractivity contribution in [2.75, 3.05) is 10.6 Å². The van der Waals surface area contributed by atoms with Crippen LogP contribution in [0.3, 0.4) is 0 Å². The molecule has 6 rings (SSSR count). The summed E-state index contributed by atoms with van der Waals surface area (Å²) in [6, 6.07) is 7.79. The van der Waals surface area contributed by atoms with E-state index in [1.165, 1.54) is 38.5 Å². The number of benzene rings is 1. The molecule has 1 heterocycles. The summed E-state index contributed by atoms with van der Waals surface area (Å²) < 4.78 is 2.24. The van der Waals surface area contributed by atoms with Gasteiger partial charge in [0.2, 0.25) is 0 Å². The van der Waals surface area contributed by atoms with Crippen molar-refractivity contribution in [3.8, 4) is 0 Å². The van der Waals surface area contributed by atoms with E-state index in [9.17, 15) is 0 Å². The van der Waals surface area contributed by atoms with Crippen LogP contribution in [0.4, 0.5) is 11.5 Å². The Bertz CT molecular complexity index is 855. The second-order valence-corrected chi connectivity index (χ2v) is 9.67. The Labute approximate surface area is 170 Å². The number of aryl methyl sites for hydroxylation is 1. The molecule has 0 amide bonds. The molecule has 6 heteroatoms. The van der Waals surface area contributed by atoms with Crippen LogP contribution in [0.1, 0.15) is 44.1 Å². The van der Waals surface area contributed by atoms with E-state index in [-0.39, 0.29) is 5.54 Å². The zero-order valence-electron chi connectivity index (χ0n) is 15.5. The van der Waals surface area contributed by atoms with Crippen LogP contribution in [0.5, 0.6) is 0 Å². The van der Waals surface area contributed by atoms with Crippen LogP contribution >= 0.6 is 23.8 Å². The highest BCUT2D eigenvalue weighted by molar-refractivity contribution is 7.80. The summed E-state index contributed by atoms with van der Waals surface area (Å²) in [5.74, 6) is 3.53. The molecular weight excluding hydrogens is 376 g/mol. The molecule has 4 saturated carbocycles. The van der Waals surface area contributed by atoms with Gasteiger partial charge in [0.25, 0.3) is 0 Å². The van der Waals surface area contributed by atoms with Crippen molar-refractivity contribution in [3.05, 3.63) is 41.0 Å². The second kappa shape index (κ2) is 6.49. The molecular formula is C21H25ClN4S. The highest BCUT2D eigenvalue weighted by Crippen LogP contribution is 2.58. The van der Waals surface area contributed by atoms with Crippen LogP contribution in [0.25, 0.3) is 0 Å². The monoisotopic (exact) mass is 400 g/mol. The SMILES string of the molecule is Cc1ccc(Cl)cc1NC(=S)Nc1ccn(C23CC4CC(CC(C4)C2)C3)n1. The number of hydrogen-bond donors (Lipinski definition) is 2. The van der Waals surface area contributed by atoms with E-state index in [1.807, 2.05) is 31.2 Å². The maximum Gasteiger partial charge on any atom is 0.176 e. The predicted octanol–water partition coefficient (Wildman–Crippen LogP) is 5.58. The van der Waals surface area contributed by atoms with Gasteiger partial charge in [0.15, 0.2) is 10.9 Å². The summed E-state index contributed by atoms with van der Waals surface area (Å²) in [6.45, 7) is 2.03. The molecule has 0 spiro atoms. The quantitative estimate of drug-likeness (QED) is 0.660. The first kappa shape index (κ1) is 17.5. The lowest BCUT2D eigenvalue weighted by atomic mass is 9.53. The smallest absolute Gasteiger partial charge is 0.176 e. The molecule has 0 radical (unpaired) electrons. The molecule has 4 bridgehead atoms. The number of thiocarbonyl (C=S) groups is 1. The Morgan fingerprint density at radius 2 is 1.78 bits per heavy atom. The normalized spacial score (nSPS) is 31.1. The van der Waals surface area contributed by atoms with Gasteiger partial charge in [-0.3, -0.25) is 4.68 Å². The van der Waals surface area contributed by atoms with E-state index in [2.05, 4.69) is 21.5 Å². The Morgan fingerprint density at radius 1 is 1.11 bits per heavy atom. The Morgan fingerprint density at radius 3 is 2.44 bits per heavy atom. The summed E-state index contributed by atoms with van der Waals surface area (Å²) in [5, 5.41) is 12.6. The standard InChI is InChI=1S/C21H25ClN4S/c1-13-2-3-17(22)9-18(13)23-20(27)24-19-4-5-26(25-19)21-10-14-6-15(11-21)8-16(7-14)12-21/h2-5,9,14-16H,6-8,10-12H2,1H3,(H2,23,24,25,27). The molecule has 2 N–H and O–H groups in total. The largest absolute Gasteiger partial charge is 0.332 e. The molecule has 4 aliphatic carbocycles. The lowest BCUT2D eigenvalue weighted by Gasteiger charge is -2.56. The number of halogens is 1. The molecule has 0 saturated heterocycles. The molecule has 27 heavy (non-hydrogen) atoms. The minimum atomic E-state index is 0.243. The molecule has 4 aliphatic rings. The third-order valence-corrected chi connectivity index (χ3v) is 7.21. The van der Waals surface area contributed by atoms with Gasteiger partial charge in [-0.05, 0) is 93.1 Å². The van der Waals surface area contributed by atoms with Crippen molar-refractivity contribution in [2.45, 2.75) is 51.0 Å².